The summed E-state index contributed by atoms with van der Waals surface area (Å²) in [7, 11) is 0. The quantitative estimate of drug-likeness (QED) is 0.774. The van der Waals surface area contributed by atoms with Gasteiger partial charge in [0, 0.05) is 12.0 Å². The number of benzene rings is 1. The number of carbonyl (C=O) groups is 1. The van der Waals surface area contributed by atoms with Crippen LogP contribution in [-0.2, 0) is 5.67 Å². The molecule has 15 heavy (non-hydrogen) atoms. The van der Waals surface area contributed by atoms with Gasteiger partial charge in [-0.15, -0.1) is 0 Å². The molecule has 0 aliphatic carbocycles. The Morgan fingerprint density at radius 3 is 2.53 bits per heavy atom. The van der Waals surface area contributed by atoms with E-state index in [0.717, 1.165) is 0 Å². The molecule has 0 aromatic heterocycles. The predicted molar refractivity (Wildman–Crippen MR) is 58.6 cm³/mol. The van der Waals surface area contributed by atoms with Crippen LogP contribution in [0.2, 0.25) is 0 Å². The van der Waals surface area contributed by atoms with Gasteiger partial charge in [0.25, 0.3) is 0 Å². The van der Waals surface area contributed by atoms with E-state index in [1.54, 1.807) is 24.3 Å². The molecule has 0 unspecified atom stereocenters. The fraction of sp³-hybridized carbons (Fsp3) is 0.417. The molecule has 0 fully saturated rings. The van der Waals surface area contributed by atoms with Crippen LogP contribution < -0.4 is 5.73 Å². The highest BCUT2D eigenvalue weighted by Gasteiger charge is 2.24. The Balaban J connectivity index is 3.12. The van der Waals surface area contributed by atoms with Crippen LogP contribution in [-0.4, -0.2) is 12.3 Å². The predicted octanol–water partition coefficient (Wildman–Crippen LogP) is 2.42. The molecule has 82 valence electrons. The number of nitrogens with two attached hydrogens (primary N) is 1. The minimum Gasteiger partial charge on any atom is -0.330 e. The van der Waals surface area contributed by atoms with Crippen LogP contribution in [0.15, 0.2) is 24.3 Å². The third-order valence-electron chi connectivity index (χ3n) is 2.24. The normalized spacial score (nSPS) is 11.5. The average Bonchev–Trinajstić information content (AvgIpc) is 2.17. The zero-order chi connectivity index (χ0) is 11.5. The maximum absolute atomic E-state index is 13.8. The molecule has 0 radical (unpaired) electrons. The van der Waals surface area contributed by atoms with Crippen molar-refractivity contribution in [1.82, 2.24) is 0 Å². The van der Waals surface area contributed by atoms with Crippen LogP contribution in [0.3, 0.4) is 0 Å². The molecule has 0 heterocycles. The second kappa shape index (κ2) is 4.53. The van der Waals surface area contributed by atoms with E-state index in [2.05, 4.69) is 0 Å². The number of rotatable bonds is 4. The van der Waals surface area contributed by atoms with Gasteiger partial charge in [-0.1, -0.05) is 24.3 Å². The molecular weight excluding hydrogens is 193 g/mol. The van der Waals surface area contributed by atoms with Gasteiger partial charge in [-0.2, -0.15) is 0 Å². The van der Waals surface area contributed by atoms with E-state index in [1.165, 1.54) is 13.8 Å². The Morgan fingerprint density at radius 1 is 1.40 bits per heavy atom. The Bertz CT molecular complexity index is 355. The van der Waals surface area contributed by atoms with Crippen molar-refractivity contribution in [3.8, 4) is 0 Å². The van der Waals surface area contributed by atoms with E-state index in [4.69, 9.17) is 5.73 Å². The van der Waals surface area contributed by atoms with Gasteiger partial charge in [0.05, 0.1) is 0 Å². The van der Waals surface area contributed by atoms with Crippen molar-refractivity contribution in [3.63, 3.8) is 0 Å². The van der Waals surface area contributed by atoms with Gasteiger partial charge >= 0.3 is 0 Å². The second-order valence-electron chi connectivity index (χ2n) is 3.98. The lowest BCUT2D eigenvalue weighted by molar-refractivity contribution is 0.0978. The molecule has 0 bridgehead atoms. The molecule has 1 rings (SSSR count). The molecule has 2 N–H and O–H groups in total. The summed E-state index contributed by atoms with van der Waals surface area (Å²) in [6, 6.07) is 6.76. The van der Waals surface area contributed by atoms with Crippen molar-refractivity contribution in [3.05, 3.63) is 35.4 Å². The van der Waals surface area contributed by atoms with E-state index in [-0.39, 0.29) is 12.2 Å². The summed E-state index contributed by atoms with van der Waals surface area (Å²) in [4.78, 5) is 11.7. The Labute approximate surface area is 89.3 Å². The minimum atomic E-state index is -1.50. The largest absolute Gasteiger partial charge is 0.330 e. The monoisotopic (exact) mass is 209 g/mol. The summed E-state index contributed by atoms with van der Waals surface area (Å²) in [5.74, 6) is -0.0983. The Kier molecular flexibility index (Phi) is 3.58. The van der Waals surface area contributed by atoms with Crippen LogP contribution in [0.1, 0.15) is 36.2 Å². The van der Waals surface area contributed by atoms with Crippen LogP contribution in [0.25, 0.3) is 0 Å². The Morgan fingerprint density at radius 2 is 2.00 bits per heavy atom. The van der Waals surface area contributed by atoms with E-state index >= 15 is 0 Å². The summed E-state index contributed by atoms with van der Waals surface area (Å²) in [5.41, 5.74) is 4.69. The summed E-state index contributed by atoms with van der Waals surface area (Å²) in [6.45, 7) is 3.18. The fourth-order valence-corrected chi connectivity index (χ4v) is 1.51. The number of hydrogen-bond acceptors (Lipinski definition) is 2. The van der Waals surface area contributed by atoms with Crippen molar-refractivity contribution in [2.75, 3.05) is 6.54 Å². The fourth-order valence-electron chi connectivity index (χ4n) is 1.51. The molecule has 0 amide bonds. The number of halogens is 1. The molecule has 0 atom stereocenters. The SMILES string of the molecule is CC(C)(F)c1ccccc1C(=O)CCN. The van der Waals surface area contributed by atoms with Gasteiger partial charge in [0.2, 0.25) is 0 Å². The minimum absolute atomic E-state index is 0.0983. The molecule has 0 saturated carbocycles. The molecule has 1 aromatic rings. The maximum Gasteiger partial charge on any atom is 0.164 e. The first kappa shape index (κ1) is 11.9. The van der Waals surface area contributed by atoms with Gasteiger partial charge < -0.3 is 5.73 Å². The maximum atomic E-state index is 13.8. The third kappa shape index (κ3) is 2.86. The van der Waals surface area contributed by atoms with E-state index in [0.29, 0.717) is 17.7 Å². The molecular formula is C12H16FNO. The van der Waals surface area contributed by atoms with Crippen LogP contribution in [0.5, 0.6) is 0 Å². The van der Waals surface area contributed by atoms with E-state index in [1.807, 2.05) is 0 Å². The van der Waals surface area contributed by atoms with Crippen LogP contribution in [0, 0.1) is 0 Å². The number of Topliss-reactive ketones (excluding diaryl/α,β-unsaturated/α-hetero) is 1. The van der Waals surface area contributed by atoms with Gasteiger partial charge in [0.15, 0.2) is 5.78 Å². The van der Waals surface area contributed by atoms with Gasteiger partial charge in [-0.3, -0.25) is 4.79 Å². The van der Waals surface area contributed by atoms with Crippen molar-refractivity contribution < 1.29 is 9.18 Å². The number of ketones is 1. The van der Waals surface area contributed by atoms with Crippen LogP contribution in [0.4, 0.5) is 4.39 Å². The molecule has 0 aliphatic rings. The molecule has 0 aliphatic heterocycles. The van der Waals surface area contributed by atoms with E-state index < -0.39 is 5.67 Å². The van der Waals surface area contributed by atoms with Gasteiger partial charge in [-0.05, 0) is 26.0 Å². The Hall–Kier alpha value is -1.22. The topological polar surface area (TPSA) is 43.1 Å². The first-order valence-corrected chi connectivity index (χ1v) is 4.98. The van der Waals surface area contributed by atoms with Crippen molar-refractivity contribution in [2.24, 2.45) is 5.73 Å². The summed E-state index contributed by atoms with van der Waals surface area (Å²) >= 11 is 0. The van der Waals surface area contributed by atoms with E-state index in [9.17, 15) is 9.18 Å². The highest BCUT2D eigenvalue weighted by atomic mass is 19.1. The second-order valence-corrected chi connectivity index (χ2v) is 3.98. The first-order valence-electron chi connectivity index (χ1n) is 4.98. The summed E-state index contributed by atoms with van der Waals surface area (Å²) in [6.07, 6.45) is 0.257. The highest BCUT2D eigenvalue weighted by Crippen LogP contribution is 2.28. The molecule has 0 spiro atoms. The number of carbonyl (C=O) groups excluding carboxylic acids is 1. The molecule has 0 saturated heterocycles. The lowest BCUT2D eigenvalue weighted by Gasteiger charge is -2.18. The van der Waals surface area contributed by atoms with Crippen molar-refractivity contribution in [1.29, 1.82) is 0 Å². The number of hydrogen-bond donors (Lipinski definition) is 1. The highest BCUT2D eigenvalue weighted by molar-refractivity contribution is 5.97. The third-order valence-corrected chi connectivity index (χ3v) is 2.24. The van der Waals surface area contributed by atoms with Crippen molar-refractivity contribution in [2.45, 2.75) is 25.9 Å². The molecule has 2 nitrogen and oxygen atoms in total. The molecule has 3 heteroatoms. The van der Waals surface area contributed by atoms with Crippen molar-refractivity contribution >= 4 is 5.78 Å². The lowest BCUT2D eigenvalue weighted by Crippen LogP contribution is -2.17. The zero-order valence-corrected chi connectivity index (χ0v) is 9.09. The van der Waals surface area contributed by atoms with Gasteiger partial charge in [0.1, 0.15) is 5.67 Å². The summed E-state index contributed by atoms with van der Waals surface area (Å²) in [5, 5.41) is 0. The number of alkyl halides is 1. The van der Waals surface area contributed by atoms with Crippen LogP contribution >= 0.6 is 0 Å². The molecule has 1 aromatic carbocycles. The smallest absolute Gasteiger partial charge is 0.164 e. The average molecular weight is 209 g/mol. The zero-order valence-electron chi connectivity index (χ0n) is 9.09. The van der Waals surface area contributed by atoms with Gasteiger partial charge in [-0.25, -0.2) is 4.39 Å². The lowest BCUT2D eigenvalue weighted by atomic mass is 9.92. The standard InChI is InChI=1S/C12H16FNO/c1-12(2,13)10-6-4-3-5-9(10)11(15)7-8-14/h3-6H,7-8,14H2,1-2H3. The summed E-state index contributed by atoms with van der Waals surface area (Å²) < 4.78 is 13.8. The first-order chi connectivity index (χ1) is 6.96.